The lowest BCUT2D eigenvalue weighted by atomic mass is 10.1. The lowest BCUT2D eigenvalue weighted by Gasteiger charge is -2.28. The summed E-state index contributed by atoms with van der Waals surface area (Å²) in [6.45, 7) is 2.14. The fourth-order valence-electron chi connectivity index (χ4n) is 3.81. The highest BCUT2D eigenvalue weighted by Gasteiger charge is 2.18. The van der Waals surface area contributed by atoms with E-state index in [0.29, 0.717) is 16.7 Å². The topological polar surface area (TPSA) is 75.7 Å². The second-order valence-corrected chi connectivity index (χ2v) is 7.29. The molecular weight excluding hydrogens is 368 g/mol. The Hall–Kier alpha value is -3.54. The Bertz CT molecular complexity index is 1250. The molecule has 0 atom stereocenters. The summed E-state index contributed by atoms with van der Waals surface area (Å²) in [7, 11) is 0. The summed E-state index contributed by atoms with van der Waals surface area (Å²) >= 11 is 0. The predicted octanol–water partition coefficient (Wildman–Crippen LogP) is 4.78. The second kappa shape index (κ2) is 7.13. The van der Waals surface area contributed by atoms with Crippen molar-refractivity contribution in [1.29, 1.82) is 0 Å². The number of piperidine rings is 1. The van der Waals surface area contributed by atoms with Gasteiger partial charge in [-0.3, -0.25) is 9.59 Å². The highest BCUT2D eigenvalue weighted by Crippen LogP contribution is 2.24. The molecular formula is C23H20N2O4. The summed E-state index contributed by atoms with van der Waals surface area (Å²) in [6.07, 6.45) is 3.72. The molecule has 1 N–H and O–H groups in total. The largest absolute Gasteiger partial charge is 0.425 e. The van der Waals surface area contributed by atoms with E-state index in [-0.39, 0.29) is 22.4 Å². The van der Waals surface area contributed by atoms with E-state index in [9.17, 15) is 9.59 Å². The predicted molar refractivity (Wildman–Crippen MR) is 113 cm³/mol. The van der Waals surface area contributed by atoms with Gasteiger partial charge in [-0.15, -0.1) is 0 Å². The van der Waals surface area contributed by atoms with Crippen molar-refractivity contribution in [1.82, 2.24) is 0 Å². The van der Waals surface area contributed by atoms with Gasteiger partial charge in [0.1, 0.15) is 11.0 Å². The number of nitrogens with one attached hydrogen (secondary N) is 1. The van der Waals surface area contributed by atoms with Gasteiger partial charge < -0.3 is 19.1 Å². The van der Waals surface area contributed by atoms with Crippen LogP contribution in [0.2, 0.25) is 0 Å². The molecule has 1 saturated heterocycles. The summed E-state index contributed by atoms with van der Waals surface area (Å²) < 4.78 is 11.2. The highest BCUT2D eigenvalue weighted by molar-refractivity contribution is 6.04. The van der Waals surface area contributed by atoms with Crippen molar-refractivity contribution in [2.75, 3.05) is 23.3 Å². The van der Waals surface area contributed by atoms with E-state index >= 15 is 0 Å². The molecule has 1 fully saturated rings. The van der Waals surface area contributed by atoms with Gasteiger partial charge in [-0.05, 0) is 55.7 Å². The molecule has 0 spiro atoms. The number of carbonyl (C=O) groups excluding carboxylic acids is 1. The highest BCUT2D eigenvalue weighted by atomic mass is 16.5. The third-order valence-corrected chi connectivity index (χ3v) is 5.35. The minimum atomic E-state index is -0.425. The molecule has 1 amide bonds. The number of rotatable bonds is 3. The first kappa shape index (κ1) is 17.6. The van der Waals surface area contributed by atoms with Crippen molar-refractivity contribution in [2.45, 2.75) is 19.3 Å². The summed E-state index contributed by atoms with van der Waals surface area (Å²) in [5, 5.41) is 3.53. The first-order valence-electron chi connectivity index (χ1n) is 9.81. The number of para-hydroxylation sites is 1. The molecule has 2 aromatic heterocycles. The summed E-state index contributed by atoms with van der Waals surface area (Å²) in [6, 6.07) is 16.2. The van der Waals surface area contributed by atoms with Crippen molar-refractivity contribution in [3.63, 3.8) is 0 Å². The van der Waals surface area contributed by atoms with Crippen LogP contribution in [0.5, 0.6) is 0 Å². The Kier molecular flexibility index (Phi) is 4.31. The first-order chi connectivity index (χ1) is 14.2. The summed E-state index contributed by atoms with van der Waals surface area (Å²) in [5.74, 6) is -0.332. The lowest BCUT2D eigenvalue weighted by Crippen LogP contribution is -2.29. The van der Waals surface area contributed by atoms with Crippen LogP contribution in [0.4, 0.5) is 11.4 Å². The third-order valence-electron chi connectivity index (χ3n) is 5.35. The number of hydrogen-bond acceptors (Lipinski definition) is 5. The molecule has 6 heteroatoms. The van der Waals surface area contributed by atoms with Gasteiger partial charge in [0.25, 0.3) is 5.91 Å². The van der Waals surface area contributed by atoms with E-state index < -0.39 is 5.91 Å². The third kappa shape index (κ3) is 3.27. The zero-order chi connectivity index (χ0) is 19.8. The molecule has 0 unspecified atom stereocenters. The van der Waals surface area contributed by atoms with Crippen molar-refractivity contribution in [2.24, 2.45) is 0 Å². The van der Waals surface area contributed by atoms with Crippen LogP contribution < -0.4 is 15.6 Å². The van der Waals surface area contributed by atoms with Crippen LogP contribution in [0.25, 0.3) is 22.1 Å². The van der Waals surface area contributed by atoms with E-state index in [1.807, 2.05) is 24.3 Å². The van der Waals surface area contributed by atoms with Gasteiger partial charge >= 0.3 is 5.78 Å². The molecule has 0 bridgehead atoms. The van der Waals surface area contributed by atoms with Crippen LogP contribution >= 0.6 is 0 Å². The van der Waals surface area contributed by atoms with E-state index in [0.717, 1.165) is 18.8 Å². The van der Waals surface area contributed by atoms with Gasteiger partial charge in [-0.1, -0.05) is 12.1 Å². The number of anilines is 2. The van der Waals surface area contributed by atoms with Crippen molar-refractivity contribution in [3.8, 4) is 0 Å². The quantitative estimate of drug-likeness (QED) is 0.546. The normalized spacial score (nSPS) is 14.4. The maximum atomic E-state index is 12.6. The van der Waals surface area contributed by atoms with E-state index in [4.69, 9.17) is 8.83 Å². The minimum absolute atomic E-state index is 0.0382. The molecule has 29 heavy (non-hydrogen) atoms. The minimum Gasteiger partial charge on any atom is -0.425 e. The Labute approximate surface area is 166 Å². The van der Waals surface area contributed by atoms with Crippen LogP contribution in [0, 0.1) is 0 Å². The number of benzene rings is 2. The number of fused-ring (bicyclic) bond motifs is 2. The second-order valence-electron chi connectivity index (χ2n) is 7.29. The summed E-state index contributed by atoms with van der Waals surface area (Å²) in [5.41, 5.74) is 2.05. The van der Waals surface area contributed by atoms with E-state index in [1.54, 1.807) is 24.3 Å². The van der Waals surface area contributed by atoms with Crippen LogP contribution in [0.15, 0.2) is 68.2 Å². The lowest BCUT2D eigenvalue weighted by molar-refractivity contribution is 0.0997. The Balaban J connectivity index is 1.39. The molecule has 0 aliphatic carbocycles. The van der Waals surface area contributed by atoms with Gasteiger partial charge in [0.2, 0.25) is 5.43 Å². The van der Waals surface area contributed by atoms with E-state index in [1.165, 1.54) is 25.3 Å². The summed E-state index contributed by atoms with van der Waals surface area (Å²) in [4.78, 5) is 27.6. The number of furan rings is 1. The van der Waals surface area contributed by atoms with Gasteiger partial charge in [-0.25, -0.2) is 0 Å². The number of nitrogens with zero attached hydrogens (tertiary/aromatic N) is 1. The molecule has 5 rings (SSSR count). The van der Waals surface area contributed by atoms with Gasteiger partial charge in [0, 0.05) is 30.5 Å². The molecule has 146 valence electrons. The van der Waals surface area contributed by atoms with Crippen LogP contribution in [-0.4, -0.2) is 19.0 Å². The molecule has 4 aromatic rings. The van der Waals surface area contributed by atoms with Crippen molar-refractivity contribution >= 4 is 39.4 Å². The van der Waals surface area contributed by atoms with Crippen LogP contribution in [0.3, 0.4) is 0 Å². The molecule has 3 heterocycles. The fourth-order valence-corrected chi connectivity index (χ4v) is 3.81. The van der Waals surface area contributed by atoms with Crippen LogP contribution in [0.1, 0.15) is 29.8 Å². The maximum Gasteiger partial charge on any atom is 0.302 e. The fraction of sp³-hybridized carbons (Fsp3) is 0.217. The van der Waals surface area contributed by atoms with Gasteiger partial charge in [0.15, 0.2) is 5.76 Å². The van der Waals surface area contributed by atoms with E-state index in [2.05, 4.69) is 10.2 Å². The molecule has 0 radical (unpaired) electrons. The monoisotopic (exact) mass is 388 g/mol. The number of carbonyl (C=O) groups is 1. The average molecular weight is 388 g/mol. The molecule has 2 aromatic carbocycles. The van der Waals surface area contributed by atoms with Gasteiger partial charge in [-0.2, -0.15) is 0 Å². The Morgan fingerprint density at radius 2 is 1.66 bits per heavy atom. The Morgan fingerprint density at radius 3 is 2.45 bits per heavy atom. The number of hydrogen-bond donors (Lipinski definition) is 1. The zero-order valence-electron chi connectivity index (χ0n) is 15.8. The Morgan fingerprint density at radius 1 is 0.897 bits per heavy atom. The SMILES string of the molecule is O=C(Nc1ccc(N2CCCCC2)cc1)c1cc2c(=O)c3ccccc3oc2o1. The van der Waals surface area contributed by atoms with Gasteiger partial charge in [0.05, 0.1) is 5.39 Å². The van der Waals surface area contributed by atoms with Crippen LogP contribution in [-0.2, 0) is 0 Å². The maximum absolute atomic E-state index is 12.6. The van der Waals surface area contributed by atoms with Crippen molar-refractivity contribution < 1.29 is 13.6 Å². The van der Waals surface area contributed by atoms with Crippen molar-refractivity contribution in [3.05, 3.63) is 70.6 Å². The zero-order valence-corrected chi connectivity index (χ0v) is 15.8. The number of amides is 1. The molecule has 1 aliphatic heterocycles. The smallest absolute Gasteiger partial charge is 0.302 e. The first-order valence-corrected chi connectivity index (χ1v) is 9.81. The molecule has 0 saturated carbocycles. The molecule has 1 aliphatic rings. The standard InChI is InChI=1S/C23H20N2O4/c26-21-17-6-2-3-7-19(17)28-23-18(21)14-20(29-23)22(27)24-15-8-10-16(11-9-15)25-12-4-1-5-13-25/h2-3,6-11,14H,1,4-5,12-13H2,(H,24,27). The average Bonchev–Trinajstić information content (AvgIpc) is 3.20. The molecule has 6 nitrogen and oxygen atoms in total.